The largest absolute Gasteiger partial charge is 0.363 e. The van der Waals surface area contributed by atoms with Crippen LogP contribution in [0.25, 0.3) is 0 Å². The van der Waals surface area contributed by atoms with Gasteiger partial charge in [-0.1, -0.05) is 18.2 Å². The molecular weight excluding hydrogens is 258 g/mol. The van der Waals surface area contributed by atoms with Crippen LogP contribution in [0.3, 0.4) is 0 Å². The highest BCUT2D eigenvalue weighted by Gasteiger charge is 2.49. The zero-order valence-electron chi connectivity index (χ0n) is 12.9. The Balaban J connectivity index is 1.77. The van der Waals surface area contributed by atoms with Gasteiger partial charge in [-0.2, -0.15) is 0 Å². The lowest BCUT2D eigenvalue weighted by atomic mass is 9.71. The van der Waals surface area contributed by atoms with Crippen LogP contribution in [0.5, 0.6) is 0 Å². The Morgan fingerprint density at radius 1 is 1.10 bits per heavy atom. The van der Waals surface area contributed by atoms with Gasteiger partial charge in [-0.15, -0.1) is 0 Å². The molecule has 3 nitrogen and oxygen atoms in total. The number of hydrogen-bond donors (Lipinski definition) is 1. The van der Waals surface area contributed by atoms with E-state index in [0.29, 0.717) is 0 Å². The van der Waals surface area contributed by atoms with Gasteiger partial charge in [-0.25, -0.2) is 0 Å². The lowest BCUT2D eigenvalue weighted by Crippen LogP contribution is -2.70. The fourth-order valence-electron chi connectivity index (χ4n) is 4.95. The fraction of sp³-hybridized carbons (Fsp3) is 0.667. The monoisotopic (exact) mass is 285 g/mol. The van der Waals surface area contributed by atoms with Gasteiger partial charge in [0.25, 0.3) is 0 Å². The summed E-state index contributed by atoms with van der Waals surface area (Å²) < 4.78 is 0. The molecule has 2 N–H and O–H groups in total. The molecule has 1 aromatic rings. The van der Waals surface area contributed by atoms with E-state index in [4.69, 9.17) is 5.73 Å². The third-order valence-corrected chi connectivity index (χ3v) is 6.10. The number of rotatable bonds is 2. The predicted octanol–water partition coefficient (Wildman–Crippen LogP) is 2.25. The molecule has 1 atom stereocenters. The van der Waals surface area contributed by atoms with Gasteiger partial charge < -0.3 is 15.5 Å². The maximum Gasteiger partial charge on any atom is 0.0679 e. The third-order valence-electron chi connectivity index (χ3n) is 6.10. The first-order valence-electron chi connectivity index (χ1n) is 8.61. The number of hydrogen-bond acceptors (Lipinski definition) is 3. The van der Waals surface area contributed by atoms with Crippen LogP contribution in [0.15, 0.2) is 24.3 Å². The molecule has 0 saturated carbocycles. The van der Waals surface area contributed by atoms with Gasteiger partial charge in [-0.3, -0.25) is 0 Å². The third kappa shape index (κ3) is 2.09. The second-order valence-electron chi connectivity index (χ2n) is 7.10. The van der Waals surface area contributed by atoms with Gasteiger partial charge in [0.15, 0.2) is 0 Å². The van der Waals surface area contributed by atoms with E-state index in [1.54, 1.807) is 0 Å². The Morgan fingerprint density at radius 3 is 2.62 bits per heavy atom. The van der Waals surface area contributed by atoms with Crippen LogP contribution in [0, 0.1) is 5.92 Å². The van der Waals surface area contributed by atoms with E-state index in [0.717, 1.165) is 12.5 Å². The highest BCUT2D eigenvalue weighted by molar-refractivity contribution is 5.57. The molecule has 4 aliphatic rings. The summed E-state index contributed by atoms with van der Waals surface area (Å²) in [6.07, 6.45) is 6.49. The molecule has 1 unspecified atom stereocenters. The van der Waals surface area contributed by atoms with E-state index < -0.39 is 0 Å². The van der Waals surface area contributed by atoms with Crippen molar-refractivity contribution in [1.29, 1.82) is 0 Å². The van der Waals surface area contributed by atoms with E-state index in [-0.39, 0.29) is 5.54 Å². The summed E-state index contributed by atoms with van der Waals surface area (Å²) in [5.74, 6) is 0.777. The van der Waals surface area contributed by atoms with Crippen molar-refractivity contribution in [2.75, 3.05) is 37.6 Å². The molecule has 0 radical (unpaired) electrons. The van der Waals surface area contributed by atoms with Gasteiger partial charge in [0.2, 0.25) is 0 Å². The maximum atomic E-state index is 6.40. The van der Waals surface area contributed by atoms with E-state index in [2.05, 4.69) is 34.1 Å². The highest BCUT2D eigenvalue weighted by Crippen LogP contribution is 2.43. The molecule has 1 aromatic carbocycles. The number of anilines is 1. The Labute approximate surface area is 128 Å². The quantitative estimate of drug-likeness (QED) is 0.904. The zero-order valence-corrected chi connectivity index (χ0v) is 12.9. The lowest BCUT2D eigenvalue weighted by molar-refractivity contribution is 0.0280. The topological polar surface area (TPSA) is 32.5 Å². The number of benzene rings is 1. The number of piperidine rings is 3. The number of nitrogens with two attached hydrogens (primary N) is 1. The summed E-state index contributed by atoms with van der Waals surface area (Å²) in [6, 6.07) is 9.03. The number of aryl methyl sites for hydroxylation is 1. The van der Waals surface area contributed by atoms with Crippen LogP contribution < -0.4 is 10.6 Å². The molecule has 0 aliphatic carbocycles. The second-order valence-corrected chi connectivity index (χ2v) is 7.10. The van der Waals surface area contributed by atoms with E-state index >= 15 is 0 Å². The standard InChI is InChI=1S/C18H27N3/c19-13-18(14-20-11-8-16(18)9-12-20)21-10-4-3-6-15-5-1-2-7-17(15)21/h1-2,5,7,16H,3-4,6,8-14,19H2. The first-order valence-corrected chi connectivity index (χ1v) is 8.61. The molecule has 3 saturated heterocycles. The minimum Gasteiger partial charge on any atom is -0.363 e. The van der Waals surface area contributed by atoms with E-state index in [9.17, 15) is 0 Å². The van der Waals surface area contributed by atoms with Gasteiger partial charge in [-0.05, 0) is 62.7 Å². The van der Waals surface area contributed by atoms with Crippen molar-refractivity contribution < 1.29 is 0 Å². The van der Waals surface area contributed by atoms with Gasteiger partial charge in [0, 0.05) is 25.3 Å². The van der Waals surface area contributed by atoms with Crippen LogP contribution in [-0.4, -0.2) is 43.2 Å². The second kappa shape index (κ2) is 5.29. The predicted molar refractivity (Wildman–Crippen MR) is 87.7 cm³/mol. The molecule has 21 heavy (non-hydrogen) atoms. The summed E-state index contributed by atoms with van der Waals surface area (Å²) in [5, 5.41) is 0. The smallest absolute Gasteiger partial charge is 0.0679 e. The van der Waals surface area contributed by atoms with Crippen molar-refractivity contribution >= 4 is 5.69 Å². The molecule has 4 aliphatic heterocycles. The van der Waals surface area contributed by atoms with Crippen molar-refractivity contribution in [2.45, 2.75) is 37.6 Å². The van der Waals surface area contributed by atoms with Crippen molar-refractivity contribution in [2.24, 2.45) is 11.7 Å². The average molecular weight is 285 g/mol. The molecule has 3 fully saturated rings. The molecule has 0 amide bonds. The molecular formula is C18H27N3. The Morgan fingerprint density at radius 2 is 1.90 bits per heavy atom. The fourth-order valence-corrected chi connectivity index (χ4v) is 4.95. The lowest BCUT2D eigenvalue weighted by Gasteiger charge is -2.58. The average Bonchev–Trinajstić information content (AvgIpc) is 2.78. The molecule has 0 spiro atoms. The molecule has 3 heteroatoms. The van der Waals surface area contributed by atoms with Crippen molar-refractivity contribution in [1.82, 2.24) is 4.90 Å². The Hall–Kier alpha value is -1.06. The Kier molecular flexibility index (Phi) is 3.43. The van der Waals surface area contributed by atoms with Crippen LogP contribution in [-0.2, 0) is 6.42 Å². The summed E-state index contributed by atoms with van der Waals surface area (Å²) in [6.45, 7) is 5.70. The van der Waals surface area contributed by atoms with E-state index in [1.807, 2.05) is 0 Å². The summed E-state index contributed by atoms with van der Waals surface area (Å²) >= 11 is 0. The maximum absolute atomic E-state index is 6.40. The van der Waals surface area contributed by atoms with Crippen molar-refractivity contribution in [3.8, 4) is 0 Å². The molecule has 2 bridgehead atoms. The molecule has 0 aromatic heterocycles. The van der Waals surface area contributed by atoms with Crippen LogP contribution in [0.4, 0.5) is 5.69 Å². The van der Waals surface area contributed by atoms with Crippen molar-refractivity contribution in [3.63, 3.8) is 0 Å². The van der Waals surface area contributed by atoms with Gasteiger partial charge >= 0.3 is 0 Å². The van der Waals surface area contributed by atoms with Crippen molar-refractivity contribution in [3.05, 3.63) is 29.8 Å². The summed E-state index contributed by atoms with van der Waals surface area (Å²) in [7, 11) is 0. The SMILES string of the molecule is NCC1(N2CCCCc3ccccc32)CN2CCC1CC2. The van der Waals surface area contributed by atoms with Gasteiger partial charge in [0.05, 0.1) is 5.54 Å². The summed E-state index contributed by atoms with van der Waals surface area (Å²) in [5.41, 5.74) is 9.57. The number of fused-ring (bicyclic) bond motifs is 4. The van der Waals surface area contributed by atoms with Crippen LogP contribution in [0.2, 0.25) is 0 Å². The van der Waals surface area contributed by atoms with Crippen LogP contribution >= 0.6 is 0 Å². The molecule has 4 heterocycles. The first kappa shape index (κ1) is 13.6. The van der Waals surface area contributed by atoms with Crippen LogP contribution in [0.1, 0.15) is 31.2 Å². The molecule has 5 rings (SSSR count). The number of para-hydroxylation sites is 1. The minimum absolute atomic E-state index is 0.178. The zero-order chi connectivity index (χ0) is 14.3. The van der Waals surface area contributed by atoms with E-state index in [1.165, 1.54) is 69.5 Å². The first-order chi connectivity index (χ1) is 10.3. The highest BCUT2D eigenvalue weighted by atomic mass is 15.3. The number of nitrogens with zero attached hydrogens (tertiary/aromatic N) is 2. The summed E-state index contributed by atoms with van der Waals surface area (Å²) in [4.78, 5) is 5.35. The van der Waals surface area contributed by atoms with Gasteiger partial charge in [0.1, 0.15) is 0 Å². The minimum atomic E-state index is 0.178. The Bertz CT molecular complexity index is 507. The normalized spacial score (nSPS) is 35.4. The molecule has 114 valence electrons.